The first-order valence-electron chi connectivity index (χ1n) is 2.57. The summed E-state index contributed by atoms with van der Waals surface area (Å²) in [7, 11) is 1.60. The number of hydrazone groups is 1. The van der Waals surface area contributed by atoms with Gasteiger partial charge >= 0.3 is 0 Å². The van der Waals surface area contributed by atoms with Gasteiger partial charge in [-0.2, -0.15) is 5.10 Å². The lowest BCUT2D eigenvalue weighted by Gasteiger charge is -2.06. The van der Waals surface area contributed by atoms with Crippen molar-refractivity contribution in [1.82, 2.24) is 5.01 Å². The number of rotatable bonds is 1. The molecular weight excluding hydrogens is 152 g/mol. The molecule has 0 amide bonds. The Bertz CT molecular complexity index is 174. The quantitative estimate of drug-likeness (QED) is 0.266. The molecule has 10 heavy (non-hydrogen) atoms. The highest BCUT2D eigenvalue weighted by Gasteiger charge is 1.97. The number of nitrogens with one attached hydrogen (secondary N) is 1. The fourth-order valence-corrected chi connectivity index (χ4v) is 0.449. The summed E-state index contributed by atoms with van der Waals surface area (Å²) in [5, 5.41) is 11.8. The summed E-state index contributed by atoms with van der Waals surface area (Å²) in [4.78, 5) is 3.61. The van der Waals surface area contributed by atoms with Crippen LogP contribution >= 0.6 is 11.6 Å². The van der Waals surface area contributed by atoms with Crippen LogP contribution < -0.4 is 0 Å². The maximum absolute atomic E-state index is 6.93. The molecule has 0 rings (SSSR count). The summed E-state index contributed by atoms with van der Waals surface area (Å²) in [6, 6.07) is 0. The van der Waals surface area contributed by atoms with Crippen molar-refractivity contribution in [2.75, 3.05) is 7.05 Å². The van der Waals surface area contributed by atoms with Crippen LogP contribution in [0.3, 0.4) is 0 Å². The fourth-order valence-electron chi connectivity index (χ4n) is 0.269. The minimum atomic E-state index is 0.139. The molecule has 0 aromatic carbocycles. The fraction of sp³-hybridized carbons (Fsp3) is 0.400. The third kappa shape index (κ3) is 3.19. The molecule has 0 aliphatic carbocycles. The molecule has 0 aromatic rings. The van der Waals surface area contributed by atoms with Crippen LogP contribution in [0, 0.1) is 5.41 Å². The molecule has 4 nitrogen and oxygen atoms in total. The molecule has 0 heterocycles. The molecule has 0 fully saturated rings. The molecule has 1 N–H and O–H groups in total. The van der Waals surface area contributed by atoms with Gasteiger partial charge in [-0.25, -0.2) is 10.0 Å². The van der Waals surface area contributed by atoms with E-state index >= 15 is 0 Å². The summed E-state index contributed by atoms with van der Waals surface area (Å²) in [6.07, 6.45) is 0. The second kappa shape index (κ2) is 4.00. The third-order valence-corrected chi connectivity index (χ3v) is 1.07. The zero-order valence-electron chi connectivity index (χ0n) is 5.93. The van der Waals surface area contributed by atoms with E-state index in [1.54, 1.807) is 7.05 Å². The number of nitrogens with zero attached hydrogens (tertiary/aromatic N) is 3. The first kappa shape index (κ1) is 9.10. The monoisotopic (exact) mass is 160 g/mol. The van der Waals surface area contributed by atoms with E-state index < -0.39 is 0 Å². The Morgan fingerprint density at radius 1 is 1.70 bits per heavy atom. The summed E-state index contributed by atoms with van der Waals surface area (Å²) in [6.45, 7) is 4.76. The highest BCUT2D eigenvalue weighted by molar-refractivity contribution is 6.65. The topological polar surface area (TPSA) is 51.8 Å². The molecule has 5 heteroatoms. The molecule has 0 aromatic heterocycles. The lowest BCUT2D eigenvalue weighted by Crippen LogP contribution is -2.15. The largest absolute Gasteiger partial charge is 0.287 e. The van der Waals surface area contributed by atoms with Crippen LogP contribution in [0.4, 0.5) is 0 Å². The maximum Gasteiger partial charge on any atom is 0.220 e. The van der Waals surface area contributed by atoms with E-state index in [-0.39, 0.29) is 11.1 Å². The molecular formula is C5H9ClN4. The molecule has 0 bridgehead atoms. The number of aliphatic imine (C=N–C) groups is 1. The second-order valence-corrected chi connectivity index (χ2v) is 1.97. The molecule has 56 valence electrons. The molecule has 0 aliphatic heterocycles. The van der Waals surface area contributed by atoms with E-state index in [0.717, 1.165) is 0 Å². The van der Waals surface area contributed by atoms with Gasteiger partial charge < -0.3 is 0 Å². The van der Waals surface area contributed by atoms with Gasteiger partial charge in [0.25, 0.3) is 0 Å². The van der Waals surface area contributed by atoms with E-state index in [0.29, 0.717) is 0 Å². The molecule has 0 saturated carbocycles. The Hall–Kier alpha value is -0.900. The second-order valence-electron chi connectivity index (χ2n) is 1.63. The summed E-state index contributed by atoms with van der Waals surface area (Å²) >= 11 is 5.53. The van der Waals surface area contributed by atoms with Gasteiger partial charge in [0, 0.05) is 13.8 Å². The number of hydrogen-bond donors (Lipinski definition) is 1. The zero-order chi connectivity index (χ0) is 8.15. The van der Waals surface area contributed by atoms with Crippen molar-refractivity contribution in [2.24, 2.45) is 10.1 Å². The van der Waals surface area contributed by atoms with Gasteiger partial charge in [0.1, 0.15) is 5.84 Å². The normalized spacial score (nSPS) is 10.9. The van der Waals surface area contributed by atoms with Crippen LogP contribution in [0.15, 0.2) is 10.1 Å². The average Bonchev–Trinajstić information content (AvgIpc) is 1.85. The Morgan fingerprint density at radius 3 is 2.50 bits per heavy atom. The number of halogens is 1. The van der Waals surface area contributed by atoms with Crippen molar-refractivity contribution in [3.63, 3.8) is 0 Å². The van der Waals surface area contributed by atoms with E-state index in [1.165, 1.54) is 11.9 Å². The van der Waals surface area contributed by atoms with Gasteiger partial charge in [0.2, 0.25) is 5.29 Å². The summed E-state index contributed by atoms with van der Waals surface area (Å²) < 4.78 is 0. The highest BCUT2D eigenvalue weighted by Crippen LogP contribution is 1.93. The molecule has 0 atom stereocenters. The van der Waals surface area contributed by atoms with Crippen molar-refractivity contribution in [2.45, 2.75) is 6.92 Å². The zero-order valence-corrected chi connectivity index (χ0v) is 6.68. The van der Waals surface area contributed by atoms with Crippen LogP contribution in [0.2, 0.25) is 0 Å². The van der Waals surface area contributed by atoms with Gasteiger partial charge in [-0.1, -0.05) is 0 Å². The van der Waals surface area contributed by atoms with Crippen molar-refractivity contribution in [3.8, 4) is 0 Å². The van der Waals surface area contributed by atoms with Crippen LogP contribution in [0.1, 0.15) is 6.92 Å². The smallest absolute Gasteiger partial charge is 0.220 e. The minimum Gasteiger partial charge on any atom is -0.287 e. The van der Waals surface area contributed by atoms with Gasteiger partial charge in [-0.15, -0.1) is 0 Å². The van der Waals surface area contributed by atoms with E-state index in [9.17, 15) is 0 Å². The molecule has 0 spiro atoms. The van der Waals surface area contributed by atoms with Crippen LogP contribution in [-0.4, -0.2) is 29.9 Å². The van der Waals surface area contributed by atoms with Crippen molar-refractivity contribution in [3.05, 3.63) is 0 Å². The summed E-state index contributed by atoms with van der Waals surface area (Å²) in [5.41, 5.74) is 0. The summed E-state index contributed by atoms with van der Waals surface area (Å²) in [5.74, 6) is 0.139. The van der Waals surface area contributed by atoms with Gasteiger partial charge in [0.15, 0.2) is 0 Å². The highest BCUT2D eigenvalue weighted by atomic mass is 35.5. The van der Waals surface area contributed by atoms with E-state index in [4.69, 9.17) is 17.0 Å². The van der Waals surface area contributed by atoms with Crippen LogP contribution in [0.5, 0.6) is 0 Å². The molecule has 0 radical (unpaired) electrons. The number of amidine groups is 2. The van der Waals surface area contributed by atoms with Crippen LogP contribution in [0.25, 0.3) is 0 Å². The van der Waals surface area contributed by atoms with Crippen molar-refractivity contribution < 1.29 is 0 Å². The predicted molar refractivity (Wildman–Crippen MR) is 44.0 cm³/mol. The number of hydrogen-bond acceptors (Lipinski definition) is 2. The Labute approximate surface area is 64.7 Å². The molecule has 0 aliphatic rings. The predicted octanol–water partition coefficient (Wildman–Crippen LogP) is 1.13. The third-order valence-electron chi connectivity index (χ3n) is 0.739. The van der Waals surface area contributed by atoms with Crippen molar-refractivity contribution in [1.29, 1.82) is 5.41 Å². The van der Waals surface area contributed by atoms with Gasteiger partial charge in [-0.05, 0) is 18.5 Å². The average molecular weight is 161 g/mol. The lowest BCUT2D eigenvalue weighted by molar-refractivity contribution is 0.561. The lowest BCUT2D eigenvalue weighted by atomic mass is 10.7. The maximum atomic E-state index is 6.93. The Morgan fingerprint density at radius 2 is 2.20 bits per heavy atom. The van der Waals surface area contributed by atoms with Crippen LogP contribution in [-0.2, 0) is 0 Å². The van der Waals surface area contributed by atoms with Gasteiger partial charge in [0.05, 0.1) is 0 Å². The van der Waals surface area contributed by atoms with E-state index in [1.807, 2.05) is 0 Å². The minimum absolute atomic E-state index is 0.139. The Kier molecular flexibility index (Phi) is 3.64. The SMILES string of the molecule is C=NN(C)/C(Cl)=N\C(C)=N. The molecule has 0 unspecified atom stereocenters. The first-order chi connectivity index (χ1) is 4.57. The van der Waals surface area contributed by atoms with Crippen molar-refractivity contribution >= 4 is 29.4 Å². The molecule has 0 saturated heterocycles. The first-order valence-corrected chi connectivity index (χ1v) is 2.95. The van der Waals surface area contributed by atoms with E-state index in [2.05, 4.69) is 16.8 Å². The Balaban J connectivity index is 4.18. The van der Waals surface area contributed by atoms with Gasteiger partial charge in [-0.3, -0.25) is 5.41 Å². The standard InChI is InChI=1S/C5H9ClN4/c1-4(7)9-5(6)10(3)8-2/h7H,2H2,1,3H3/b7-4?,9-5-.